The van der Waals surface area contributed by atoms with Crippen LogP contribution in [0.1, 0.15) is 29.6 Å². The largest absolute Gasteiger partial charge is 0.457 e. The predicted molar refractivity (Wildman–Crippen MR) is 86.5 cm³/mol. The van der Waals surface area contributed by atoms with Gasteiger partial charge in [-0.25, -0.2) is 0 Å². The van der Waals surface area contributed by atoms with Crippen molar-refractivity contribution in [2.24, 2.45) is 0 Å². The SMILES string of the molecule is CN(C)C[C@H]1C[C@@H]2c3ccccc3Oc3ccccc3[C@H]2O1. The summed E-state index contributed by atoms with van der Waals surface area (Å²) >= 11 is 0. The quantitative estimate of drug-likeness (QED) is 0.837. The van der Waals surface area contributed by atoms with Gasteiger partial charge in [-0.15, -0.1) is 0 Å². The highest BCUT2D eigenvalue weighted by Crippen LogP contribution is 2.52. The highest BCUT2D eigenvalue weighted by Gasteiger charge is 2.41. The average Bonchev–Trinajstić information content (AvgIpc) is 2.85. The van der Waals surface area contributed by atoms with Gasteiger partial charge in [-0.3, -0.25) is 0 Å². The summed E-state index contributed by atoms with van der Waals surface area (Å²) in [6.45, 7) is 0.957. The van der Waals surface area contributed by atoms with Gasteiger partial charge < -0.3 is 14.4 Å². The molecule has 0 saturated carbocycles. The van der Waals surface area contributed by atoms with Crippen molar-refractivity contribution in [3.8, 4) is 11.5 Å². The number of ether oxygens (including phenoxy) is 2. The topological polar surface area (TPSA) is 21.7 Å². The van der Waals surface area contributed by atoms with E-state index >= 15 is 0 Å². The van der Waals surface area contributed by atoms with Gasteiger partial charge >= 0.3 is 0 Å². The van der Waals surface area contributed by atoms with E-state index in [1.54, 1.807) is 0 Å². The Balaban J connectivity index is 1.79. The fraction of sp³-hybridized carbons (Fsp3) is 0.368. The van der Waals surface area contributed by atoms with Crippen LogP contribution in [0.25, 0.3) is 0 Å². The molecule has 0 aliphatic carbocycles. The van der Waals surface area contributed by atoms with Gasteiger partial charge in [0.2, 0.25) is 0 Å². The molecule has 2 aromatic carbocycles. The Morgan fingerprint density at radius 1 is 0.955 bits per heavy atom. The molecule has 2 heterocycles. The molecule has 4 rings (SSSR count). The van der Waals surface area contributed by atoms with E-state index in [9.17, 15) is 0 Å². The summed E-state index contributed by atoms with van der Waals surface area (Å²) in [4.78, 5) is 2.20. The van der Waals surface area contributed by atoms with Crippen LogP contribution in [-0.4, -0.2) is 31.6 Å². The molecule has 2 aliphatic rings. The third-order valence-electron chi connectivity index (χ3n) is 4.55. The van der Waals surface area contributed by atoms with Crippen LogP contribution in [0, 0.1) is 0 Å². The lowest BCUT2D eigenvalue weighted by atomic mass is 9.87. The number of likely N-dealkylation sites (N-methyl/N-ethyl adjacent to an activating group) is 1. The smallest absolute Gasteiger partial charge is 0.133 e. The molecular formula is C19H21NO2. The van der Waals surface area contributed by atoms with E-state index in [-0.39, 0.29) is 12.2 Å². The van der Waals surface area contributed by atoms with E-state index in [0.29, 0.717) is 5.92 Å². The third-order valence-corrected chi connectivity index (χ3v) is 4.55. The highest BCUT2D eigenvalue weighted by molar-refractivity contribution is 5.49. The van der Waals surface area contributed by atoms with E-state index < -0.39 is 0 Å². The Bertz CT molecular complexity index is 629. The second kappa shape index (κ2) is 5.41. The molecule has 3 heteroatoms. The third kappa shape index (κ3) is 2.31. The van der Waals surface area contributed by atoms with E-state index in [2.05, 4.69) is 49.3 Å². The van der Waals surface area contributed by atoms with Crippen LogP contribution in [0.5, 0.6) is 11.5 Å². The first-order valence-electron chi connectivity index (χ1n) is 7.88. The lowest BCUT2D eigenvalue weighted by Crippen LogP contribution is -2.25. The minimum atomic E-state index is 0.0878. The van der Waals surface area contributed by atoms with Crippen LogP contribution >= 0.6 is 0 Å². The summed E-state index contributed by atoms with van der Waals surface area (Å²) in [6.07, 6.45) is 1.39. The number of rotatable bonds is 2. The molecule has 3 nitrogen and oxygen atoms in total. The molecule has 0 radical (unpaired) electrons. The van der Waals surface area contributed by atoms with Gasteiger partial charge in [-0.05, 0) is 32.6 Å². The molecule has 114 valence electrons. The van der Waals surface area contributed by atoms with Gasteiger partial charge in [0.15, 0.2) is 0 Å². The van der Waals surface area contributed by atoms with Gasteiger partial charge in [0.1, 0.15) is 11.5 Å². The summed E-state index contributed by atoms with van der Waals surface area (Å²) in [5.41, 5.74) is 2.44. The maximum absolute atomic E-state index is 6.42. The lowest BCUT2D eigenvalue weighted by molar-refractivity contribution is 0.0271. The number of hydrogen-bond acceptors (Lipinski definition) is 3. The molecule has 0 aromatic heterocycles. The normalized spacial score (nSPS) is 25.9. The van der Waals surface area contributed by atoms with Crippen LogP contribution in [0.15, 0.2) is 48.5 Å². The zero-order chi connectivity index (χ0) is 15.1. The maximum Gasteiger partial charge on any atom is 0.133 e. The van der Waals surface area contributed by atoms with Crippen LogP contribution in [0.4, 0.5) is 0 Å². The Kier molecular flexibility index (Phi) is 3.40. The van der Waals surface area contributed by atoms with Gasteiger partial charge in [0.05, 0.1) is 12.2 Å². The number of hydrogen-bond donors (Lipinski definition) is 0. The molecule has 0 amide bonds. The maximum atomic E-state index is 6.42. The Labute approximate surface area is 131 Å². The van der Waals surface area contributed by atoms with Crippen molar-refractivity contribution in [1.82, 2.24) is 4.90 Å². The van der Waals surface area contributed by atoms with E-state index in [1.165, 1.54) is 11.1 Å². The van der Waals surface area contributed by atoms with Crippen LogP contribution < -0.4 is 4.74 Å². The first kappa shape index (κ1) is 13.8. The standard InChI is InChI=1S/C19H21NO2/c1-20(2)12-13-11-16-14-7-3-5-9-17(14)22-18-10-6-4-8-15(18)19(16)21-13/h3-10,13,16,19H,11-12H2,1-2H3/t13-,16-,19-/m1/s1. The Hall–Kier alpha value is -1.84. The Morgan fingerprint density at radius 3 is 2.32 bits per heavy atom. The zero-order valence-electron chi connectivity index (χ0n) is 13.0. The summed E-state index contributed by atoms with van der Waals surface area (Å²) in [7, 11) is 4.20. The van der Waals surface area contributed by atoms with Crippen molar-refractivity contribution >= 4 is 0 Å². The molecular weight excluding hydrogens is 274 g/mol. The molecule has 0 spiro atoms. The van der Waals surface area contributed by atoms with Crippen molar-refractivity contribution in [3.63, 3.8) is 0 Å². The summed E-state index contributed by atoms with van der Waals surface area (Å²) in [6, 6.07) is 16.6. The fourth-order valence-corrected chi connectivity index (χ4v) is 3.68. The average molecular weight is 295 g/mol. The van der Waals surface area contributed by atoms with Gasteiger partial charge in [0, 0.05) is 23.6 Å². The predicted octanol–water partition coefficient (Wildman–Crippen LogP) is 3.97. The van der Waals surface area contributed by atoms with Gasteiger partial charge in [0.25, 0.3) is 0 Å². The summed E-state index contributed by atoms with van der Waals surface area (Å²) < 4.78 is 12.6. The van der Waals surface area contributed by atoms with E-state index in [1.807, 2.05) is 18.2 Å². The van der Waals surface area contributed by atoms with Crippen molar-refractivity contribution < 1.29 is 9.47 Å². The van der Waals surface area contributed by atoms with E-state index in [4.69, 9.17) is 9.47 Å². The zero-order valence-corrected chi connectivity index (χ0v) is 13.0. The summed E-state index contributed by atoms with van der Waals surface area (Å²) in [5.74, 6) is 2.26. The molecule has 1 fully saturated rings. The lowest BCUT2D eigenvalue weighted by Gasteiger charge is -2.19. The van der Waals surface area contributed by atoms with E-state index in [0.717, 1.165) is 24.5 Å². The molecule has 3 atom stereocenters. The number of para-hydroxylation sites is 2. The van der Waals surface area contributed by atoms with Gasteiger partial charge in [-0.1, -0.05) is 36.4 Å². The van der Waals surface area contributed by atoms with Crippen molar-refractivity contribution in [1.29, 1.82) is 0 Å². The number of benzene rings is 2. The van der Waals surface area contributed by atoms with Crippen LogP contribution in [0.2, 0.25) is 0 Å². The summed E-state index contributed by atoms with van der Waals surface area (Å²) in [5, 5.41) is 0. The number of nitrogens with zero attached hydrogens (tertiary/aromatic N) is 1. The molecule has 1 saturated heterocycles. The van der Waals surface area contributed by atoms with Crippen molar-refractivity contribution in [2.75, 3.05) is 20.6 Å². The van der Waals surface area contributed by atoms with Gasteiger partial charge in [-0.2, -0.15) is 0 Å². The second-order valence-electron chi connectivity index (χ2n) is 6.46. The highest BCUT2D eigenvalue weighted by atomic mass is 16.5. The van der Waals surface area contributed by atoms with Crippen LogP contribution in [0.3, 0.4) is 0 Å². The minimum Gasteiger partial charge on any atom is -0.457 e. The minimum absolute atomic E-state index is 0.0878. The molecule has 2 aliphatic heterocycles. The molecule has 0 unspecified atom stereocenters. The van der Waals surface area contributed by atoms with Crippen molar-refractivity contribution in [3.05, 3.63) is 59.7 Å². The first-order chi connectivity index (χ1) is 10.7. The monoisotopic (exact) mass is 295 g/mol. The fourth-order valence-electron chi connectivity index (χ4n) is 3.68. The molecule has 0 N–H and O–H groups in total. The second-order valence-corrected chi connectivity index (χ2v) is 6.46. The first-order valence-corrected chi connectivity index (χ1v) is 7.88. The number of fused-ring (bicyclic) bond motifs is 5. The molecule has 2 aromatic rings. The Morgan fingerprint density at radius 2 is 1.59 bits per heavy atom. The molecule has 22 heavy (non-hydrogen) atoms. The van der Waals surface area contributed by atoms with Crippen LogP contribution in [-0.2, 0) is 4.74 Å². The molecule has 0 bridgehead atoms. The van der Waals surface area contributed by atoms with Crippen molar-refractivity contribution in [2.45, 2.75) is 24.5 Å².